The molecule has 2 aromatic rings. The van der Waals surface area contributed by atoms with Crippen molar-refractivity contribution in [3.8, 4) is 0 Å². The summed E-state index contributed by atoms with van der Waals surface area (Å²) in [5, 5.41) is 0. The first-order chi connectivity index (χ1) is 13.1. The third-order valence-electron chi connectivity index (χ3n) is 5.98. The molecule has 0 N–H and O–H groups in total. The Morgan fingerprint density at radius 1 is 0.815 bits per heavy atom. The smallest absolute Gasteiger partial charge is 0.223 e. The molecule has 1 heterocycles. The van der Waals surface area contributed by atoms with Crippen LogP contribution < -0.4 is 0 Å². The van der Waals surface area contributed by atoms with E-state index >= 15 is 0 Å². The van der Waals surface area contributed by atoms with Crippen molar-refractivity contribution in [1.82, 2.24) is 9.80 Å². The van der Waals surface area contributed by atoms with Crippen molar-refractivity contribution in [3.05, 3.63) is 70.8 Å². The van der Waals surface area contributed by atoms with Gasteiger partial charge in [0.25, 0.3) is 0 Å². The molecule has 4 heteroatoms. The van der Waals surface area contributed by atoms with Gasteiger partial charge in [0, 0.05) is 45.4 Å². The Labute approximate surface area is 160 Å². The molecule has 0 bridgehead atoms. The predicted molar refractivity (Wildman–Crippen MR) is 106 cm³/mol. The monoisotopic (exact) mass is 362 g/mol. The first-order valence-corrected chi connectivity index (χ1v) is 9.82. The van der Waals surface area contributed by atoms with Gasteiger partial charge in [-0.25, -0.2) is 0 Å². The topological polar surface area (TPSA) is 40.6 Å². The summed E-state index contributed by atoms with van der Waals surface area (Å²) in [5.41, 5.74) is 5.29. The van der Waals surface area contributed by atoms with Crippen molar-refractivity contribution < 1.29 is 9.59 Å². The molecule has 1 saturated heterocycles. The van der Waals surface area contributed by atoms with E-state index in [1.165, 1.54) is 22.3 Å². The Kier molecular flexibility index (Phi) is 4.97. The van der Waals surface area contributed by atoms with Gasteiger partial charge in [-0.2, -0.15) is 0 Å². The Balaban J connectivity index is 1.58. The molecule has 0 spiro atoms. The fourth-order valence-corrected chi connectivity index (χ4v) is 4.43. The maximum atomic E-state index is 13.1. The van der Waals surface area contributed by atoms with E-state index in [4.69, 9.17) is 0 Å². The highest BCUT2D eigenvalue weighted by Gasteiger charge is 2.29. The van der Waals surface area contributed by atoms with E-state index in [2.05, 4.69) is 48.5 Å². The number of rotatable bonds is 2. The molecule has 27 heavy (non-hydrogen) atoms. The van der Waals surface area contributed by atoms with Crippen LogP contribution >= 0.6 is 0 Å². The molecule has 2 aromatic carbocycles. The largest absolute Gasteiger partial charge is 0.339 e. The van der Waals surface area contributed by atoms with Crippen LogP contribution in [0.5, 0.6) is 0 Å². The van der Waals surface area contributed by atoms with Crippen LogP contribution in [0, 0.1) is 0 Å². The molecule has 1 aliphatic heterocycles. The van der Waals surface area contributed by atoms with Crippen molar-refractivity contribution in [2.75, 3.05) is 26.2 Å². The summed E-state index contributed by atoms with van der Waals surface area (Å²) >= 11 is 0. The van der Waals surface area contributed by atoms with Crippen LogP contribution in [0.15, 0.2) is 48.5 Å². The third kappa shape index (κ3) is 3.61. The Bertz CT molecular complexity index is 805. The molecule has 2 aliphatic rings. The lowest BCUT2D eigenvalue weighted by atomic mass is 9.85. The SMILES string of the molecule is CC(=O)N1CCN(C(=O)CC2c3ccccc3CCc3ccccc32)CC1. The van der Waals surface area contributed by atoms with Gasteiger partial charge in [0.05, 0.1) is 0 Å². The van der Waals surface area contributed by atoms with Crippen molar-refractivity contribution in [2.24, 2.45) is 0 Å². The number of nitrogens with zero attached hydrogens (tertiary/aromatic N) is 2. The molecule has 2 amide bonds. The van der Waals surface area contributed by atoms with E-state index in [9.17, 15) is 9.59 Å². The summed E-state index contributed by atoms with van der Waals surface area (Å²) in [4.78, 5) is 28.4. The normalized spacial score (nSPS) is 17.1. The maximum Gasteiger partial charge on any atom is 0.223 e. The number of benzene rings is 2. The molecule has 0 unspecified atom stereocenters. The minimum Gasteiger partial charge on any atom is -0.339 e. The van der Waals surface area contributed by atoms with Crippen LogP contribution in [0.3, 0.4) is 0 Å². The van der Waals surface area contributed by atoms with E-state index in [1.54, 1.807) is 6.92 Å². The average Bonchev–Trinajstić information content (AvgIpc) is 2.86. The molecule has 1 fully saturated rings. The van der Waals surface area contributed by atoms with Gasteiger partial charge >= 0.3 is 0 Å². The molecule has 4 rings (SSSR count). The second kappa shape index (κ2) is 7.55. The van der Waals surface area contributed by atoms with E-state index in [-0.39, 0.29) is 17.7 Å². The highest BCUT2D eigenvalue weighted by atomic mass is 16.2. The molecule has 1 aliphatic carbocycles. The standard InChI is InChI=1S/C23H26N2O2/c1-17(26)24-12-14-25(15-13-24)23(27)16-22-20-8-4-2-6-18(20)10-11-19-7-3-5-9-21(19)22/h2-9,22H,10-16H2,1H3. The zero-order valence-electron chi connectivity index (χ0n) is 15.9. The van der Waals surface area contributed by atoms with Crippen LogP contribution in [0.1, 0.15) is 41.5 Å². The highest BCUT2D eigenvalue weighted by Crippen LogP contribution is 2.36. The molecule has 0 saturated carbocycles. The Morgan fingerprint density at radius 2 is 1.30 bits per heavy atom. The summed E-state index contributed by atoms with van der Waals surface area (Å²) in [7, 11) is 0. The van der Waals surface area contributed by atoms with Crippen molar-refractivity contribution in [3.63, 3.8) is 0 Å². The predicted octanol–water partition coefficient (Wildman–Crippen LogP) is 3.00. The lowest BCUT2D eigenvalue weighted by molar-refractivity contribution is -0.138. The lowest BCUT2D eigenvalue weighted by Crippen LogP contribution is -2.50. The lowest BCUT2D eigenvalue weighted by Gasteiger charge is -2.35. The quantitative estimate of drug-likeness (QED) is 0.824. The van der Waals surface area contributed by atoms with Crippen molar-refractivity contribution >= 4 is 11.8 Å². The molecule has 0 aromatic heterocycles. The fraction of sp³-hybridized carbons (Fsp3) is 0.391. The first kappa shape index (κ1) is 17.8. The van der Waals surface area contributed by atoms with E-state index in [0.29, 0.717) is 32.6 Å². The number of aryl methyl sites for hydroxylation is 2. The van der Waals surface area contributed by atoms with E-state index in [0.717, 1.165) is 12.8 Å². The number of hydrogen-bond donors (Lipinski definition) is 0. The van der Waals surface area contributed by atoms with Gasteiger partial charge in [-0.3, -0.25) is 9.59 Å². The summed E-state index contributed by atoms with van der Waals surface area (Å²) in [5.74, 6) is 0.390. The van der Waals surface area contributed by atoms with Crippen molar-refractivity contribution in [1.29, 1.82) is 0 Å². The van der Waals surface area contributed by atoms with Crippen LogP contribution in [0.25, 0.3) is 0 Å². The van der Waals surface area contributed by atoms with Crippen LogP contribution in [-0.2, 0) is 22.4 Å². The summed E-state index contributed by atoms with van der Waals surface area (Å²) < 4.78 is 0. The van der Waals surface area contributed by atoms with Gasteiger partial charge in [-0.1, -0.05) is 48.5 Å². The van der Waals surface area contributed by atoms with Crippen LogP contribution in [-0.4, -0.2) is 47.8 Å². The van der Waals surface area contributed by atoms with Gasteiger partial charge in [-0.15, -0.1) is 0 Å². The van der Waals surface area contributed by atoms with Crippen molar-refractivity contribution in [2.45, 2.75) is 32.1 Å². The summed E-state index contributed by atoms with van der Waals surface area (Å²) in [6.45, 7) is 4.14. The number of carbonyl (C=O) groups excluding carboxylic acids is 2. The number of piperazine rings is 1. The van der Waals surface area contributed by atoms with Gasteiger partial charge in [0.1, 0.15) is 0 Å². The average molecular weight is 362 g/mol. The highest BCUT2D eigenvalue weighted by molar-refractivity contribution is 5.79. The zero-order valence-corrected chi connectivity index (χ0v) is 15.9. The number of carbonyl (C=O) groups is 2. The molecule has 0 atom stereocenters. The number of fused-ring (bicyclic) bond motifs is 2. The number of amides is 2. The Hall–Kier alpha value is -2.62. The molecule has 4 nitrogen and oxygen atoms in total. The summed E-state index contributed by atoms with van der Waals surface area (Å²) in [6.07, 6.45) is 2.54. The fourth-order valence-electron chi connectivity index (χ4n) is 4.43. The van der Waals surface area contributed by atoms with Crippen LogP contribution in [0.4, 0.5) is 0 Å². The summed E-state index contributed by atoms with van der Waals surface area (Å²) in [6, 6.07) is 17.1. The van der Waals surface area contributed by atoms with E-state index < -0.39 is 0 Å². The second-order valence-corrected chi connectivity index (χ2v) is 7.54. The van der Waals surface area contributed by atoms with Gasteiger partial charge in [0.2, 0.25) is 11.8 Å². The third-order valence-corrected chi connectivity index (χ3v) is 5.98. The van der Waals surface area contributed by atoms with Crippen LogP contribution in [0.2, 0.25) is 0 Å². The zero-order chi connectivity index (χ0) is 18.8. The molecular weight excluding hydrogens is 336 g/mol. The van der Waals surface area contributed by atoms with Gasteiger partial charge < -0.3 is 9.80 Å². The Morgan fingerprint density at radius 3 is 1.81 bits per heavy atom. The first-order valence-electron chi connectivity index (χ1n) is 9.82. The molecule has 140 valence electrons. The number of hydrogen-bond acceptors (Lipinski definition) is 2. The van der Waals surface area contributed by atoms with Gasteiger partial charge in [0.15, 0.2) is 0 Å². The molecular formula is C23H26N2O2. The van der Waals surface area contributed by atoms with Gasteiger partial charge in [-0.05, 0) is 35.1 Å². The maximum absolute atomic E-state index is 13.1. The second-order valence-electron chi connectivity index (χ2n) is 7.54. The minimum absolute atomic E-state index is 0.0914. The molecule has 0 radical (unpaired) electrons. The minimum atomic E-state index is 0.0914. The van der Waals surface area contributed by atoms with E-state index in [1.807, 2.05) is 9.80 Å².